The fourth-order valence-corrected chi connectivity index (χ4v) is 1.85. The summed E-state index contributed by atoms with van der Waals surface area (Å²) in [6.07, 6.45) is -1.33. The summed E-state index contributed by atoms with van der Waals surface area (Å²) in [5.41, 5.74) is 0.678. The molecule has 7 heteroatoms. The predicted molar refractivity (Wildman–Crippen MR) is 63.1 cm³/mol. The van der Waals surface area contributed by atoms with Gasteiger partial charge >= 0.3 is 0 Å². The predicted octanol–water partition coefficient (Wildman–Crippen LogP) is 0.475. The number of non-ortho nitro benzene ring substituents is 1. The monoisotopic (exact) mass is 254 g/mol. The van der Waals surface area contributed by atoms with Gasteiger partial charge in [-0.1, -0.05) is 0 Å². The molecule has 2 rings (SSSR count). The first-order chi connectivity index (χ1) is 8.60. The molecule has 3 atom stereocenters. The zero-order valence-corrected chi connectivity index (χ0v) is 9.52. The first-order valence-corrected chi connectivity index (χ1v) is 5.55. The number of hydrogen-bond donors (Lipinski definition) is 3. The zero-order chi connectivity index (χ0) is 13.1. The van der Waals surface area contributed by atoms with Crippen molar-refractivity contribution in [1.29, 1.82) is 0 Å². The Bertz CT molecular complexity index is 422. The van der Waals surface area contributed by atoms with E-state index in [0.29, 0.717) is 12.1 Å². The van der Waals surface area contributed by atoms with Crippen molar-refractivity contribution >= 4 is 11.4 Å². The maximum atomic E-state index is 10.5. The average molecular weight is 254 g/mol. The van der Waals surface area contributed by atoms with Gasteiger partial charge in [-0.2, -0.15) is 0 Å². The minimum absolute atomic E-state index is 0.0150. The SMILES string of the molecule is O=[N+]([O-])c1ccc(N[C@@H]2C[C@@H](O)[C@H](CO)O2)cc1. The van der Waals surface area contributed by atoms with Gasteiger partial charge in [0.2, 0.25) is 0 Å². The van der Waals surface area contributed by atoms with Crippen molar-refractivity contribution in [1.82, 2.24) is 0 Å². The zero-order valence-electron chi connectivity index (χ0n) is 9.52. The molecule has 0 aliphatic carbocycles. The molecule has 0 unspecified atom stereocenters. The Morgan fingerprint density at radius 2 is 2.11 bits per heavy atom. The van der Waals surface area contributed by atoms with Crippen LogP contribution in [0.25, 0.3) is 0 Å². The van der Waals surface area contributed by atoms with E-state index in [1.807, 2.05) is 0 Å². The molecule has 0 bridgehead atoms. The third-order valence-electron chi connectivity index (χ3n) is 2.81. The summed E-state index contributed by atoms with van der Waals surface area (Å²) in [5.74, 6) is 0. The molecule has 1 aliphatic heterocycles. The van der Waals surface area contributed by atoms with Crippen molar-refractivity contribution in [3.05, 3.63) is 34.4 Å². The summed E-state index contributed by atoms with van der Waals surface area (Å²) in [4.78, 5) is 10.0. The van der Waals surface area contributed by atoms with Gasteiger partial charge in [0.05, 0.1) is 17.6 Å². The van der Waals surface area contributed by atoms with E-state index >= 15 is 0 Å². The minimum atomic E-state index is -0.703. The fraction of sp³-hybridized carbons (Fsp3) is 0.455. The molecule has 0 saturated carbocycles. The lowest BCUT2D eigenvalue weighted by Crippen LogP contribution is -2.25. The van der Waals surface area contributed by atoms with Crippen LogP contribution in [-0.4, -0.2) is 40.2 Å². The molecule has 0 spiro atoms. The van der Waals surface area contributed by atoms with Crippen molar-refractivity contribution < 1.29 is 19.9 Å². The van der Waals surface area contributed by atoms with Crippen LogP contribution in [-0.2, 0) is 4.74 Å². The number of benzene rings is 1. The summed E-state index contributed by atoms with van der Waals surface area (Å²) in [5, 5.41) is 31.9. The Balaban J connectivity index is 1.96. The van der Waals surface area contributed by atoms with Gasteiger partial charge in [0, 0.05) is 24.2 Å². The van der Waals surface area contributed by atoms with Gasteiger partial charge in [0.1, 0.15) is 12.3 Å². The van der Waals surface area contributed by atoms with Crippen molar-refractivity contribution in [3.63, 3.8) is 0 Å². The van der Waals surface area contributed by atoms with Gasteiger partial charge in [-0.05, 0) is 12.1 Å². The second-order valence-electron chi connectivity index (χ2n) is 4.10. The van der Waals surface area contributed by atoms with E-state index in [2.05, 4.69) is 5.32 Å². The van der Waals surface area contributed by atoms with Crippen LogP contribution in [0.1, 0.15) is 6.42 Å². The van der Waals surface area contributed by atoms with Crippen LogP contribution >= 0.6 is 0 Å². The normalized spacial score (nSPS) is 27.1. The Hall–Kier alpha value is -1.70. The van der Waals surface area contributed by atoms with Gasteiger partial charge < -0.3 is 20.3 Å². The molecule has 7 nitrogen and oxygen atoms in total. The molecule has 0 radical (unpaired) electrons. The van der Waals surface area contributed by atoms with Crippen LogP contribution in [0.3, 0.4) is 0 Å². The van der Waals surface area contributed by atoms with Crippen molar-refractivity contribution in [2.24, 2.45) is 0 Å². The summed E-state index contributed by atoms with van der Waals surface area (Å²) in [7, 11) is 0. The lowest BCUT2D eigenvalue weighted by atomic mass is 10.2. The molecule has 1 aliphatic rings. The number of rotatable bonds is 4. The summed E-state index contributed by atoms with van der Waals surface area (Å²) < 4.78 is 5.36. The molecule has 3 N–H and O–H groups in total. The number of nitrogens with zero attached hydrogens (tertiary/aromatic N) is 1. The van der Waals surface area contributed by atoms with Crippen LogP contribution in [0.5, 0.6) is 0 Å². The molecule has 1 aromatic carbocycles. The highest BCUT2D eigenvalue weighted by Gasteiger charge is 2.33. The molecule has 1 fully saturated rings. The summed E-state index contributed by atoms with van der Waals surface area (Å²) >= 11 is 0. The van der Waals surface area contributed by atoms with E-state index in [0.717, 1.165) is 0 Å². The minimum Gasteiger partial charge on any atom is -0.394 e. The molecule has 0 aromatic heterocycles. The highest BCUT2D eigenvalue weighted by molar-refractivity contribution is 5.48. The lowest BCUT2D eigenvalue weighted by molar-refractivity contribution is -0.384. The van der Waals surface area contributed by atoms with E-state index in [4.69, 9.17) is 9.84 Å². The number of nitro benzene ring substituents is 1. The van der Waals surface area contributed by atoms with E-state index in [-0.39, 0.29) is 12.3 Å². The maximum Gasteiger partial charge on any atom is 0.269 e. The Labute approximate surface area is 103 Å². The number of aliphatic hydroxyl groups is 2. The molecular formula is C11H14N2O5. The fourth-order valence-electron chi connectivity index (χ4n) is 1.85. The molecule has 0 amide bonds. The van der Waals surface area contributed by atoms with Gasteiger partial charge in [0.25, 0.3) is 5.69 Å². The quantitative estimate of drug-likeness (QED) is 0.533. The number of hydrogen-bond acceptors (Lipinski definition) is 6. The van der Waals surface area contributed by atoms with Crippen LogP contribution in [0, 0.1) is 10.1 Å². The van der Waals surface area contributed by atoms with Crippen LogP contribution in [0.4, 0.5) is 11.4 Å². The Kier molecular flexibility index (Phi) is 3.75. The van der Waals surface area contributed by atoms with E-state index in [1.165, 1.54) is 12.1 Å². The van der Waals surface area contributed by atoms with E-state index < -0.39 is 23.4 Å². The third-order valence-corrected chi connectivity index (χ3v) is 2.81. The van der Waals surface area contributed by atoms with Crippen LogP contribution in [0.15, 0.2) is 24.3 Å². The lowest BCUT2D eigenvalue weighted by Gasteiger charge is -2.14. The van der Waals surface area contributed by atoms with E-state index in [1.54, 1.807) is 12.1 Å². The molecule has 98 valence electrons. The topological polar surface area (TPSA) is 105 Å². The van der Waals surface area contributed by atoms with Gasteiger partial charge in [-0.25, -0.2) is 0 Å². The maximum absolute atomic E-state index is 10.5. The molecular weight excluding hydrogens is 240 g/mol. The second-order valence-corrected chi connectivity index (χ2v) is 4.10. The first kappa shape index (κ1) is 12.7. The molecule has 18 heavy (non-hydrogen) atoms. The number of ether oxygens (including phenoxy) is 1. The Morgan fingerprint density at radius 3 is 2.61 bits per heavy atom. The highest BCUT2D eigenvalue weighted by Crippen LogP contribution is 2.23. The number of aliphatic hydroxyl groups excluding tert-OH is 2. The summed E-state index contributed by atoms with van der Waals surface area (Å²) in [6, 6.07) is 5.91. The van der Waals surface area contributed by atoms with Crippen LogP contribution in [0.2, 0.25) is 0 Å². The number of anilines is 1. The molecule has 1 aromatic rings. The summed E-state index contributed by atoms with van der Waals surface area (Å²) in [6.45, 7) is -0.236. The number of nitro groups is 1. The average Bonchev–Trinajstić information content (AvgIpc) is 2.70. The molecule has 1 heterocycles. The number of nitrogens with one attached hydrogen (secondary N) is 1. The molecule has 1 saturated heterocycles. The van der Waals surface area contributed by atoms with Gasteiger partial charge in [0.15, 0.2) is 0 Å². The first-order valence-electron chi connectivity index (χ1n) is 5.55. The van der Waals surface area contributed by atoms with Gasteiger partial charge in [-0.15, -0.1) is 0 Å². The second kappa shape index (κ2) is 5.30. The van der Waals surface area contributed by atoms with Gasteiger partial charge in [-0.3, -0.25) is 10.1 Å². The van der Waals surface area contributed by atoms with Crippen LogP contribution < -0.4 is 5.32 Å². The third kappa shape index (κ3) is 2.76. The highest BCUT2D eigenvalue weighted by atomic mass is 16.6. The largest absolute Gasteiger partial charge is 0.394 e. The van der Waals surface area contributed by atoms with E-state index in [9.17, 15) is 15.2 Å². The van der Waals surface area contributed by atoms with Crippen molar-refractivity contribution in [3.8, 4) is 0 Å². The van der Waals surface area contributed by atoms with Crippen molar-refractivity contribution in [2.75, 3.05) is 11.9 Å². The Morgan fingerprint density at radius 1 is 1.44 bits per heavy atom. The standard InChI is InChI=1S/C11H14N2O5/c14-6-10-9(15)5-11(18-10)12-7-1-3-8(4-2-7)13(16)17/h1-4,9-12,14-15H,5-6H2/t9-,10+,11+/m1/s1. The smallest absolute Gasteiger partial charge is 0.269 e. The van der Waals surface area contributed by atoms with Crippen molar-refractivity contribution in [2.45, 2.75) is 24.9 Å².